The molecule has 0 radical (unpaired) electrons. The van der Waals surface area contributed by atoms with Gasteiger partial charge in [0.25, 0.3) is 5.91 Å². The van der Waals surface area contributed by atoms with Crippen molar-refractivity contribution in [3.05, 3.63) is 23.9 Å². The van der Waals surface area contributed by atoms with Crippen LogP contribution in [0.15, 0.2) is 18.3 Å². The first-order valence-electron chi connectivity index (χ1n) is 7.87. The minimum atomic E-state index is -0.0882. The fraction of sp³-hybridized carbons (Fsp3) is 0.625. The Bertz CT molecular complexity index is 479. The second kappa shape index (κ2) is 7.56. The van der Waals surface area contributed by atoms with Crippen LogP contribution in [0, 0.1) is 5.92 Å². The van der Waals surface area contributed by atoms with Crippen LogP contribution in [-0.2, 0) is 9.47 Å². The summed E-state index contributed by atoms with van der Waals surface area (Å²) in [5.74, 6) is 0.960. The molecular weight excluding hydrogens is 284 g/mol. The molecule has 0 spiro atoms. The molecule has 2 aliphatic rings. The highest BCUT2D eigenvalue weighted by Gasteiger charge is 2.18. The zero-order valence-corrected chi connectivity index (χ0v) is 12.6. The zero-order chi connectivity index (χ0) is 15.2. The predicted octanol–water partition coefficient (Wildman–Crippen LogP) is 1.41. The second-order valence-electron chi connectivity index (χ2n) is 5.75. The third-order valence-corrected chi connectivity index (χ3v) is 4.07. The van der Waals surface area contributed by atoms with Crippen LogP contribution in [0.2, 0.25) is 0 Å². The van der Waals surface area contributed by atoms with Gasteiger partial charge in [-0.1, -0.05) is 0 Å². The summed E-state index contributed by atoms with van der Waals surface area (Å²) in [7, 11) is 0. The average Bonchev–Trinajstić information content (AvgIpc) is 3.07. The van der Waals surface area contributed by atoms with E-state index in [0.717, 1.165) is 39.1 Å². The molecule has 2 fully saturated rings. The number of aromatic nitrogens is 1. The largest absolute Gasteiger partial charge is 0.472 e. The summed E-state index contributed by atoms with van der Waals surface area (Å²) in [5.41, 5.74) is 0.557. The summed E-state index contributed by atoms with van der Waals surface area (Å²) in [5, 5.41) is 2.97. The van der Waals surface area contributed by atoms with Crippen LogP contribution < -0.4 is 10.1 Å². The maximum Gasteiger partial charge on any atom is 0.252 e. The van der Waals surface area contributed by atoms with E-state index in [-0.39, 0.29) is 12.0 Å². The molecule has 3 heterocycles. The van der Waals surface area contributed by atoms with E-state index in [0.29, 0.717) is 30.5 Å². The van der Waals surface area contributed by atoms with Crippen molar-refractivity contribution in [3.8, 4) is 5.88 Å². The van der Waals surface area contributed by atoms with Crippen LogP contribution in [-0.4, -0.2) is 50.0 Å². The Balaban J connectivity index is 1.47. The molecule has 6 heteroatoms. The van der Waals surface area contributed by atoms with Crippen molar-refractivity contribution in [2.24, 2.45) is 5.92 Å². The van der Waals surface area contributed by atoms with E-state index >= 15 is 0 Å². The molecule has 0 saturated carbocycles. The van der Waals surface area contributed by atoms with Crippen LogP contribution >= 0.6 is 0 Å². The normalized spacial score (nSPS) is 22.5. The smallest absolute Gasteiger partial charge is 0.252 e. The molecule has 1 N–H and O–H groups in total. The number of ether oxygens (including phenoxy) is 3. The molecular formula is C16H22N2O4. The van der Waals surface area contributed by atoms with Crippen molar-refractivity contribution < 1.29 is 19.0 Å². The van der Waals surface area contributed by atoms with E-state index < -0.39 is 0 Å². The third kappa shape index (κ3) is 4.18. The minimum Gasteiger partial charge on any atom is -0.472 e. The first-order chi connectivity index (χ1) is 10.8. The van der Waals surface area contributed by atoms with Crippen molar-refractivity contribution in [1.29, 1.82) is 0 Å². The van der Waals surface area contributed by atoms with Gasteiger partial charge in [0.05, 0.1) is 18.8 Å². The van der Waals surface area contributed by atoms with Gasteiger partial charge in [-0.25, -0.2) is 4.98 Å². The van der Waals surface area contributed by atoms with Crippen molar-refractivity contribution in [1.82, 2.24) is 10.3 Å². The lowest BCUT2D eigenvalue weighted by molar-refractivity contribution is 0.0642. The van der Waals surface area contributed by atoms with Gasteiger partial charge in [-0.3, -0.25) is 4.79 Å². The van der Waals surface area contributed by atoms with Crippen LogP contribution in [0.1, 0.15) is 29.6 Å². The summed E-state index contributed by atoms with van der Waals surface area (Å²) >= 11 is 0. The highest BCUT2D eigenvalue weighted by atomic mass is 16.5. The molecule has 3 rings (SSSR count). The highest BCUT2D eigenvalue weighted by molar-refractivity contribution is 5.93. The van der Waals surface area contributed by atoms with Gasteiger partial charge < -0.3 is 19.5 Å². The van der Waals surface area contributed by atoms with Crippen LogP contribution in [0.5, 0.6) is 5.88 Å². The summed E-state index contributed by atoms with van der Waals surface area (Å²) in [4.78, 5) is 16.3. The fourth-order valence-electron chi connectivity index (χ4n) is 2.65. The molecule has 0 bridgehead atoms. The lowest BCUT2D eigenvalue weighted by atomic mass is 10.0. The Morgan fingerprint density at radius 3 is 2.73 bits per heavy atom. The van der Waals surface area contributed by atoms with Gasteiger partial charge in [0.2, 0.25) is 5.88 Å². The predicted molar refractivity (Wildman–Crippen MR) is 80.0 cm³/mol. The monoisotopic (exact) mass is 306 g/mol. The molecule has 1 aromatic heterocycles. The topological polar surface area (TPSA) is 69.7 Å². The quantitative estimate of drug-likeness (QED) is 0.890. The van der Waals surface area contributed by atoms with Crippen LogP contribution in [0.25, 0.3) is 0 Å². The molecule has 2 saturated heterocycles. The molecule has 0 aromatic carbocycles. The number of nitrogens with one attached hydrogen (secondary N) is 1. The van der Waals surface area contributed by atoms with E-state index in [9.17, 15) is 4.79 Å². The molecule has 22 heavy (non-hydrogen) atoms. The summed E-state index contributed by atoms with van der Waals surface area (Å²) in [6, 6.07) is 3.49. The van der Waals surface area contributed by atoms with Gasteiger partial charge in [0.1, 0.15) is 6.10 Å². The fourth-order valence-corrected chi connectivity index (χ4v) is 2.65. The van der Waals surface area contributed by atoms with E-state index in [1.165, 1.54) is 0 Å². The maximum atomic E-state index is 12.1. The number of carbonyl (C=O) groups is 1. The lowest BCUT2D eigenvalue weighted by Crippen LogP contribution is -2.32. The molecule has 6 nitrogen and oxygen atoms in total. The third-order valence-electron chi connectivity index (χ3n) is 4.07. The lowest BCUT2D eigenvalue weighted by Gasteiger charge is -2.22. The van der Waals surface area contributed by atoms with E-state index in [4.69, 9.17) is 14.2 Å². The average molecular weight is 306 g/mol. The Morgan fingerprint density at radius 1 is 1.23 bits per heavy atom. The number of amides is 1. The molecule has 2 aliphatic heterocycles. The van der Waals surface area contributed by atoms with E-state index in [1.807, 2.05) is 0 Å². The Labute approximate surface area is 130 Å². The van der Waals surface area contributed by atoms with Crippen LogP contribution in [0.3, 0.4) is 0 Å². The van der Waals surface area contributed by atoms with E-state index in [2.05, 4.69) is 10.3 Å². The first kappa shape index (κ1) is 15.2. The standard InChI is InChI=1S/C16H22N2O4/c19-16(18-9-12-3-6-20-7-4-12)13-1-2-15(17-10-13)22-14-5-8-21-11-14/h1-2,10,12,14H,3-9,11H2,(H,18,19). The summed E-state index contributed by atoms with van der Waals surface area (Å²) < 4.78 is 16.3. The van der Waals surface area contributed by atoms with Gasteiger partial charge in [-0.2, -0.15) is 0 Å². The van der Waals surface area contributed by atoms with Gasteiger partial charge in [0.15, 0.2) is 0 Å². The Kier molecular flexibility index (Phi) is 5.24. The molecule has 0 aliphatic carbocycles. The number of pyridine rings is 1. The number of hydrogen-bond donors (Lipinski definition) is 1. The van der Waals surface area contributed by atoms with Gasteiger partial charge in [-0.15, -0.1) is 0 Å². The molecule has 1 amide bonds. The first-order valence-corrected chi connectivity index (χ1v) is 7.87. The van der Waals surface area contributed by atoms with Crippen LogP contribution in [0.4, 0.5) is 0 Å². The number of carbonyl (C=O) groups excluding carboxylic acids is 1. The second-order valence-corrected chi connectivity index (χ2v) is 5.75. The summed E-state index contributed by atoms with van der Waals surface area (Å²) in [6.07, 6.45) is 4.53. The van der Waals surface area contributed by atoms with Crippen molar-refractivity contribution in [3.63, 3.8) is 0 Å². The number of hydrogen-bond acceptors (Lipinski definition) is 5. The molecule has 1 aromatic rings. The van der Waals surface area contributed by atoms with Gasteiger partial charge in [0, 0.05) is 38.4 Å². The SMILES string of the molecule is O=C(NCC1CCOCC1)c1ccc(OC2CCOC2)nc1. The van der Waals surface area contributed by atoms with Crippen molar-refractivity contribution in [2.45, 2.75) is 25.4 Å². The molecule has 120 valence electrons. The van der Waals surface area contributed by atoms with Gasteiger partial charge in [-0.05, 0) is 24.8 Å². The zero-order valence-electron chi connectivity index (χ0n) is 12.6. The highest BCUT2D eigenvalue weighted by Crippen LogP contribution is 2.15. The number of rotatable bonds is 5. The minimum absolute atomic E-state index is 0.0701. The van der Waals surface area contributed by atoms with E-state index in [1.54, 1.807) is 18.3 Å². The Morgan fingerprint density at radius 2 is 2.05 bits per heavy atom. The van der Waals surface area contributed by atoms with Crippen molar-refractivity contribution in [2.75, 3.05) is 33.0 Å². The Hall–Kier alpha value is -1.66. The number of nitrogens with zero attached hydrogens (tertiary/aromatic N) is 1. The molecule has 1 atom stereocenters. The molecule has 1 unspecified atom stereocenters. The maximum absolute atomic E-state index is 12.1. The van der Waals surface area contributed by atoms with Gasteiger partial charge >= 0.3 is 0 Å². The van der Waals surface area contributed by atoms with Crippen molar-refractivity contribution >= 4 is 5.91 Å². The summed E-state index contributed by atoms with van der Waals surface area (Å²) in [6.45, 7) is 3.62.